The van der Waals surface area contributed by atoms with E-state index in [0.29, 0.717) is 5.92 Å². The Kier molecular flexibility index (Phi) is 11.4. The Morgan fingerprint density at radius 3 is 1.58 bits per heavy atom. The van der Waals surface area contributed by atoms with Gasteiger partial charge in [0.05, 0.1) is 0 Å². The Labute approximate surface area is 189 Å². The molecule has 0 spiro atoms. The molecule has 0 nitrogen and oxygen atoms in total. The fourth-order valence-corrected chi connectivity index (χ4v) is 8.73. The Hall–Kier alpha value is -0.279. The van der Waals surface area contributed by atoms with Crippen LogP contribution in [0.1, 0.15) is 27.2 Å². The third-order valence-electron chi connectivity index (χ3n) is 4.70. The van der Waals surface area contributed by atoms with Crippen LogP contribution < -0.4 is 47.6 Å². The van der Waals surface area contributed by atoms with Crippen molar-refractivity contribution in [2.24, 2.45) is 5.92 Å². The van der Waals surface area contributed by atoms with E-state index in [9.17, 15) is 0 Å². The monoisotopic (exact) mass is 456 g/mol. The van der Waals surface area contributed by atoms with E-state index in [0.717, 1.165) is 0 Å². The second-order valence-corrected chi connectivity index (χ2v) is 10.4. The number of hydrogen-bond donors (Lipinski definition) is 0. The topological polar surface area (TPSA) is 0 Å². The molecule has 0 aliphatic heterocycles. The van der Waals surface area contributed by atoms with Gasteiger partial charge in [-0.3, -0.25) is 0 Å². The first kappa shape index (κ1) is 25.7. The van der Waals surface area contributed by atoms with Gasteiger partial charge in [-0.15, -0.1) is 0 Å². The molecule has 2 aromatic rings. The molecule has 0 unspecified atom stereocenters. The third kappa shape index (κ3) is 5.38. The molecule has 0 fully saturated rings. The van der Waals surface area contributed by atoms with Gasteiger partial charge in [0, 0.05) is 0 Å². The minimum Gasteiger partial charge on any atom is -1.00 e. The minimum absolute atomic E-state index is 0. The van der Waals surface area contributed by atoms with Crippen molar-refractivity contribution >= 4 is 19.2 Å². The van der Waals surface area contributed by atoms with Crippen LogP contribution in [-0.4, -0.2) is 8.80 Å². The Morgan fingerprint density at radius 1 is 0.808 bits per heavy atom. The van der Waals surface area contributed by atoms with E-state index in [4.69, 9.17) is 0 Å². The number of rotatable bonds is 4. The van der Waals surface area contributed by atoms with Crippen molar-refractivity contribution in [3.05, 3.63) is 80.9 Å². The summed E-state index contributed by atoms with van der Waals surface area (Å²) in [4.78, 5) is 0. The van der Waals surface area contributed by atoms with Gasteiger partial charge in [0.25, 0.3) is 0 Å². The van der Waals surface area contributed by atoms with Gasteiger partial charge in [0.1, 0.15) is 0 Å². The average Bonchev–Trinajstić information content (AvgIpc) is 2.84. The molecule has 1 aliphatic carbocycles. The van der Waals surface area contributed by atoms with E-state index in [2.05, 4.69) is 102 Å². The van der Waals surface area contributed by atoms with Gasteiger partial charge in [-0.1, -0.05) is 0 Å². The SMILES string of the molecule is CC1=C(C(C)C)[C]([Ti+3])=C([SiH](c2ccccc2)c2ccccc2)C1.[Cl-].[Cl-].[Cl-]. The Bertz CT molecular complexity index is 716. The molecule has 1 aliphatic rings. The van der Waals surface area contributed by atoms with Crippen LogP contribution in [0.25, 0.3) is 0 Å². The van der Waals surface area contributed by atoms with Crippen LogP contribution in [0, 0.1) is 5.92 Å². The zero-order valence-corrected chi connectivity index (χ0v) is 20.3. The van der Waals surface area contributed by atoms with Crippen molar-refractivity contribution in [2.45, 2.75) is 27.2 Å². The van der Waals surface area contributed by atoms with Gasteiger partial charge in [0.15, 0.2) is 0 Å². The second kappa shape index (κ2) is 11.5. The molecule has 5 heteroatoms. The van der Waals surface area contributed by atoms with E-state index in [1.165, 1.54) is 16.8 Å². The summed E-state index contributed by atoms with van der Waals surface area (Å²) in [5.41, 5.74) is 3.18. The molecule has 3 rings (SSSR count). The summed E-state index contributed by atoms with van der Waals surface area (Å²) in [6.45, 7) is 6.98. The van der Waals surface area contributed by atoms with Crippen molar-refractivity contribution in [2.75, 3.05) is 0 Å². The van der Waals surface area contributed by atoms with Gasteiger partial charge in [-0.2, -0.15) is 0 Å². The van der Waals surface area contributed by atoms with Gasteiger partial charge in [-0.05, 0) is 0 Å². The fraction of sp³-hybridized carbons (Fsp3) is 0.238. The van der Waals surface area contributed by atoms with E-state index in [1.54, 1.807) is 20.2 Å². The standard InChI is InChI=1S/C21H23Si.3ClH.Ti/c1-16(2)21-15-20(14-17(21)3)22(18-10-6-4-7-11-18)19-12-8-5-9-13-19;;;;/h4-13,16,22H,14H2,1-3H3;3*1H;/q;;;;+3/p-3. The zero-order valence-electron chi connectivity index (χ0n) is 15.3. The summed E-state index contributed by atoms with van der Waals surface area (Å²) < 4.78 is 1.57. The quantitative estimate of drug-likeness (QED) is 0.403. The first-order valence-corrected chi connectivity index (χ1v) is 10.9. The number of allylic oxidation sites excluding steroid dienone is 4. The summed E-state index contributed by atoms with van der Waals surface area (Å²) in [7, 11) is -1.34. The maximum atomic E-state index is 2.35. The molecule has 0 saturated carbocycles. The van der Waals surface area contributed by atoms with Crippen molar-refractivity contribution in [3.8, 4) is 0 Å². The Balaban J connectivity index is 0.00000208. The minimum atomic E-state index is -1.34. The molecule has 0 bridgehead atoms. The van der Waals surface area contributed by atoms with Crippen LogP contribution in [0.5, 0.6) is 0 Å². The molecule has 0 saturated heterocycles. The van der Waals surface area contributed by atoms with Crippen LogP contribution in [0.2, 0.25) is 0 Å². The molecule has 0 radical (unpaired) electrons. The van der Waals surface area contributed by atoms with Crippen molar-refractivity contribution in [1.82, 2.24) is 0 Å². The summed E-state index contributed by atoms with van der Waals surface area (Å²) in [6.07, 6.45) is 1.17. The smallest absolute Gasteiger partial charge is 1.00 e. The normalized spacial score (nSPS) is 13.5. The fourth-order valence-electron chi connectivity index (χ4n) is 3.77. The molecule has 0 aromatic heterocycles. The molecule has 0 N–H and O–H groups in total. The molecule has 2 aromatic carbocycles. The third-order valence-corrected chi connectivity index (χ3v) is 9.36. The predicted octanol–water partition coefficient (Wildman–Crippen LogP) is -5.24. The van der Waals surface area contributed by atoms with Crippen LogP contribution in [-0.2, 0) is 20.4 Å². The van der Waals surface area contributed by atoms with Crippen molar-refractivity contribution < 1.29 is 57.7 Å². The van der Waals surface area contributed by atoms with E-state index in [1.807, 2.05) is 0 Å². The number of halogens is 3. The zero-order chi connectivity index (χ0) is 16.4. The summed E-state index contributed by atoms with van der Waals surface area (Å²) in [5, 5.41) is 4.78. The number of hydrogen-bond acceptors (Lipinski definition) is 0. The maximum absolute atomic E-state index is 2.35. The summed E-state index contributed by atoms with van der Waals surface area (Å²) in [6, 6.07) is 22.3. The molecular weight excluding hydrogens is 435 g/mol. The molecule has 0 amide bonds. The Morgan fingerprint density at radius 2 is 1.23 bits per heavy atom. The van der Waals surface area contributed by atoms with Gasteiger partial charge in [0.2, 0.25) is 0 Å². The molecule has 136 valence electrons. The van der Waals surface area contributed by atoms with Crippen LogP contribution in [0.4, 0.5) is 0 Å². The van der Waals surface area contributed by atoms with Crippen LogP contribution >= 0.6 is 0 Å². The molecule has 0 atom stereocenters. The molecule has 0 heterocycles. The maximum Gasteiger partial charge on any atom is -1.00 e. The van der Waals surface area contributed by atoms with Crippen molar-refractivity contribution in [3.63, 3.8) is 0 Å². The summed E-state index contributed by atoms with van der Waals surface area (Å²) in [5.74, 6) is 0.619. The largest absolute Gasteiger partial charge is 1.00 e. The van der Waals surface area contributed by atoms with Crippen LogP contribution in [0.3, 0.4) is 0 Å². The van der Waals surface area contributed by atoms with Crippen LogP contribution in [0.15, 0.2) is 80.9 Å². The molecule has 26 heavy (non-hydrogen) atoms. The average molecular weight is 458 g/mol. The van der Waals surface area contributed by atoms with Gasteiger partial charge in [-0.25, -0.2) is 0 Å². The van der Waals surface area contributed by atoms with E-state index < -0.39 is 8.80 Å². The molecular formula is C21H23Cl3SiTi. The van der Waals surface area contributed by atoms with Crippen molar-refractivity contribution in [1.29, 1.82) is 0 Å². The van der Waals surface area contributed by atoms with Gasteiger partial charge < -0.3 is 37.2 Å². The van der Waals surface area contributed by atoms with E-state index in [-0.39, 0.29) is 37.2 Å². The second-order valence-electron chi connectivity index (χ2n) is 6.68. The predicted molar refractivity (Wildman–Crippen MR) is 98.5 cm³/mol. The first-order chi connectivity index (χ1) is 11.1. The van der Waals surface area contributed by atoms with Gasteiger partial charge >= 0.3 is 154 Å². The first-order valence-electron chi connectivity index (χ1n) is 8.34. The summed E-state index contributed by atoms with van der Waals surface area (Å²) >= 11 is 2.35. The van der Waals surface area contributed by atoms with E-state index >= 15 is 0 Å². The number of benzene rings is 2.